The van der Waals surface area contributed by atoms with Gasteiger partial charge in [-0.2, -0.15) is 0 Å². The average molecular weight is 348 g/mol. The third kappa shape index (κ3) is 1.87. The van der Waals surface area contributed by atoms with Crippen molar-refractivity contribution in [3.63, 3.8) is 0 Å². The van der Waals surface area contributed by atoms with E-state index in [0.29, 0.717) is 18.6 Å². The monoisotopic (exact) mass is 348 g/mol. The number of rotatable bonds is 1. The second kappa shape index (κ2) is 4.88. The van der Waals surface area contributed by atoms with Crippen LogP contribution >= 0.6 is 0 Å². The van der Waals surface area contributed by atoms with Crippen molar-refractivity contribution in [3.05, 3.63) is 0 Å². The van der Waals surface area contributed by atoms with Crippen LogP contribution in [0.5, 0.6) is 0 Å². The topological polar surface area (TPSA) is 74.6 Å². The van der Waals surface area contributed by atoms with Crippen molar-refractivity contribution in [2.45, 2.75) is 78.7 Å². The van der Waals surface area contributed by atoms with Crippen LogP contribution in [0, 0.1) is 39.4 Å². The maximum atomic E-state index is 13.5. The van der Waals surface area contributed by atoms with E-state index in [-0.39, 0.29) is 28.6 Å². The lowest BCUT2D eigenvalue weighted by atomic mass is 9.40. The van der Waals surface area contributed by atoms with Crippen molar-refractivity contribution in [1.29, 1.82) is 0 Å². The maximum absolute atomic E-state index is 13.5. The quantitative estimate of drug-likeness (QED) is 0.758. The first-order valence-corrected chi connectivity index (χ1v) is 9.96. The Labute approximate surface area is 150 Å². The molecule has 2 N–H and O–H groups in total. The fraction of sp³-hybridized carbons (Fsp3) is 0.905. The molecule has 0 amide bonds. The molecule has 4 aliphatic rings. The third-order valence-corrected chi connectivity index (χ3v) is 9.23. The molecule has 0 aromatic rings. The zero-order valence-electron chi connectivity index (χ0n) is 16.0. The molecule has 0 aliphatic heterocycles. The number of Topliss-reactive ketones (excluding diaryl/α,β-unsaturated/α-hetero) is 1. The summed E-state index contributed by atoms with van der Waals surface area (Å²) in [5.41, 5.74) is -1.77. The predicted molar refractivity (Wildman–Crippen MR) is 93.9 cm³/mol. The highest BCUT2D eigenvalue weighted by Gasteiger charge is 2.72. The van der Waals surface area contributed by atoms with Crippen LogP contribution in [0.25, 0.3) is 0 Å². The predicted octanol–water partition coefficient (Wildman–Crippen LogP) is 3.66. The minimum Gasteiger partial charge on any atom is -0.481 e. The normalized spacial score (nSPS) is 53.9. The van der Waals surface area contributed by atoms with E-state index in [9.17, 15) is 19.8 Å². The van der Waals surface area contributed by atoms with Gasteiger partial charge in [-0.3, -0.25) is 9.59 Å². The average Bonchev–Trinajstić information content (AvgIpc) is 2.65. The molecule has 4 rings (SSSR count). The van der Waals surface area contributed by atoms with Gasteiger partial charge in [-0.15, -0.1) is 0 Å². The highest BCUT2D eigenvalue weighted by molar-refractivity contribution is 5.93. The molecule has 140 valence electrons. The fourth-order valence-electron chi connectivity index (χ4n) is 8.09. The van der Waals surface area contributed by atoms with Gasteiger partial charge in [0, 0.05) is 16.7 Å². The molecule has 25 heavy (non-hydrogen) atoms. The summed E-state index contributed by atoms with van der Waals surface area (Å²) in [4.78, 5) is 25.6. The Morgan fingerprint density at radius 2 is 1.80 bits per heavy atom. The standard InChI is InChI=1S/C21H32O4/c1-18(2)12-10-13(22)15-19(3)7-5-8-20(4,17(24)25)14(19)6-9-21(15,11-12)16(18)23/h12-15,22H,5-11H2,1-4H3,(H,24,25). The van der Waals surface area contributed by atoms with Crippen molar-refractivity contribution in [2.24, 2.45) is 39.4 Å². The number of carboxylic acids is 1. The van der Waals surface area contributed by atoms with Crippen molar-refractivity contribution >= 4 is 11.8 Å². The van der Waals surface area contributed by atoms with Crippen LogP contribution < -0.4 is 0 Å². The molecule has 4 fully saturated rings. The van der Waals surface area contributed by atoms with Crippen molar-refractivity contribution in [1.82, 2.24) is 0 Å². The molecule has 0 saturated heterocycles. The van der Waals surface area contributed by atoms with Gasteiger partial charge in [-0.25, -0.2) is 0 Å². The largest absolute Gasteiger partial charge is 0.481 e. The minimum absolute atomic E-state index is 0.0459. The molecule has 0 aromatic carbocycles. The van der Waals surface area contributed by atoms with Gasteiger partial charge in [-0.05, 0) is 62.7 Å². The lowest BCUT2D eigenvalue weighted by Gasteiger charge is -2.63. The smallest absolute Gasteiger partial charge is 0.309 e. The summed E-state index contributed by atoms with van der Waals surface area (Å²) in [6.07, 6.45) is 5.18. The van der Waals surface area contributed by atoms with E-state index in [1.807, 2.05) is 6.92 Å². The molecule has 1 spiro atoms. The van der Waals surface area contributed by atoms with Gasteiger partial charge in [-0.1, -0.05) is 27.2 Å². The van der Waals surface area contributed by atoms with Crippen molar-refractivity contribution < 1.29 is 19.8 Å². The van der Waals surface area contributed by atoms with Gasteiger partial charge in [0.15, 0.2) is 0 Å². The fourth-order valence-corrected chi connectivity index (χ4v) is 8.09. The Balaban J connectivity index is 1.83. The zero-order valence-corrected chi connectivity index (χ0v) is 16.0. The van der Waals surface area contributed by atoms with Gasteiger partial charge in [0.2, 0.25) is 0 Å². The number of carboxylic acid groups (broad SMARTS) is 1. The minimum atomic E-state index is -0.734. The van der Waals surface area contributed by atoms with Gasteiger partial charge >= 0.3 is 5.97 Å². The van der Waals surface area contributed by atoms with Crippen molar-refractivity contribution in [3.8, 4) is 0 Å². The summed E-state index contributed by atoms with van der Waals surface area (Å²) in [6.45, 7) is 8.20. The summed E-state index contributed by atoms with van der Waals surface area (Å²) in [6, 6.07) is 0. The Bertz CT molecular complexity index is 640. The van der Waals surface area contributed by atoms with E-state index in [1.165, 1.54) is 0 Å². The number of aliphatic carboxylic acids is 1. The molecular formula is C21H32O4. The SMILES string of the molecule is CC1(C)C(=O)C23CCC4C(C)(C(=O)O)CCCC4(C)C2C(O)CC1C3. The third-order valence-electron chi connectivity index (χ3n) is 9.23. The number of aliphatic hydroxyl groups is 1. The van der Waals surface area contributed by atoms with Crippen LogP contribution in [0.15, 0.2) is 0 Å². The van der Waals surface area contributed by atoms with Crippen LogP contribution in [-0.4, -0.2) is 28.1 Å². The highest BCUT2D eigenvalue weighted by Crippen LogP contribution is 2.72. The second-order valence-corrected chi connectivity index (χ2v) is 10.6. The van der Waals surface area contributed by atoms with Crippen LogP contribution in [0.2, 0.25) is 0 Å². The first kappa shape index (κ1) is 17.5. The van der Waals surface area contributed by atoms with Crippen LogP contribution in [0.1, 0.15) is 72.6 Å². The van der Waals surface area contributed by atoms with E-state index >= 15 is 0 Å². The van der Waals surface area contributed by atoms with Gasteiger partial charge in [0.1, 0.15) is 5.78 Å². The Hall–Kier alpha value is -0.900. The molecule has 4 saturated carbocycles. The van der Waals surface area contributed by atoms with E-state index < -0.39 is 22.9 Å². The molecule has 7 atom stereocenters. The number of aliphatic hydroxyl groups excluding tert-OH is 1. The summed E-state index contributed by atoms with van der Waals surface area (Å²) < 4.78 is 0. The molecule has 0 aromatic heterocycles. The van der Waals surface area contributed by atoms with Crippen molar-refractivity contribution in [2.75, 3.05) is 0 Å². The summed E-state index contributed by atoms with van der Waals surface area (Å²) in [7, 11) is 0. The highest BCUT2D eigenvalue weighted by atomic mass is 16.4. The molecule has 0 heterocycles. The number of ketones is 1. The van der Waals surface area contributed by atoms with E-state index in [1.54, 1.807) is 0 Å². The number of carbonyl (C=O) groups excluding carboxylic acids is 1. The summed E-state index contributed by atoms with van der Waals surface area (Å²) in [5.74, 6) is -0.136. The molecule has 4 heteroatoms. The molecule has 2 bridgehead atoms. The van der Waals surface area contributed by atoms with E-state index in [4.69, 9.17) is 0 Å². The lowest BCUT2D eigenvalue weighted by Crippen LogP contribution is -2.62. The molecular weight excluding hydrogens is 316 g/mol. The van der Waals surface area contributed by atoms with E-state index in [2.05, 4.69) is 20.8 Å². The molecule has 7 unspecified atom stereocenters. The molecule has 0 radical (unpaired) electrons. The number of hydrogen-bond acceptors (Lipinski definition) is 3. The number of fused-ring (bicyclic) bond motifs is 3. The van der Waals surface area contributed by atoms with Gasteiger partial charge < -0.3 is 10.2 Å². The summed E-state index contributed by atoms with van der Waals surface area (Å²) >= 11 is 0. The molecule has 4 aliphatic carbocycles. The van der Waals surface area contributed by atoms with Crippen LogP contribution in [-0.2, 0) is 9.59 Å². The Morgan fingerprint density at radius 3 is 2.44 bits per heavy atom. The first-order valence-electron chi connectivity index (χ1n) is 9.96. The first-order chi connectivity index (χ1) is 11.5. The number of carbonyl (C=O) groups is 2. The van der Waals surface area contributed by atoms with Crippen LogP contribution in [0.4, 0.5) is 0 Å². The Kier molecular flexibility index (Phi) is 3.42. The maximum Gasteiger partial charge on any atom is 0.309 e. The van der Waals surface area contributed by atoms with E-state index in [0.717, 1.165) is 32.1 Å². The lowest BCUT2D eigenvalue weighted by molar-refractivity contribution is -0.199. The number of hydrogen-bond donors (Lipinski definition) is 2. The van der Waals surface area contributed by atoms with Crippen LogP contribution in [0.3, 0.4) is 0 Å². The summed E-state index contributed by atoms with van der Waals surface area (Å²) in [5, 5.41) is 21.1. The zero-order chi connectivity index (χ0) is 18.4. The van der Waals surface area contributed by atoms with Gasteiger partial charge in [0.25, 0.3) is 0 Å². The molecule has 4 nitrogen and oxygen atoms in total. The Morgan fingerprint density at radius 1 is 1.12 bits per heavy atom. The second-order valence-electron chi connectivity index (χ2n) is 10.6. The van der Waals surface area contributed by atoms with Gasteiger partial charge in [0.05, 0.1) is 11.5 Å².